The second-order valence-electron chi connectivity index (χ2n) is 6.02. The van der Waals surface area contributed by atoms with Crippen LogP contribution in [-0.2, 0) is 16.1 Å². The van der Waals surface area contributed by atoms with E-state index in [-0.39, 0.29) is 31.2 Å². The van der Waals surface area contributed by atoms with Gasteiger partial charge in [0.25, 0.3) is 0 Å². The molecule has 1 saturated heterocycles. The van der Waals surface area contributed by atoms with E-state index in [1.807, 2.05) is 37.3 Å². The molecule has 0 aromatic heterocycles. The average Bonchev–Trinajstić information content (AvgIpc) is 2.64. The van der Waals surface area contributed by atoms with Crippen LogP contribution in [0.3, 0.4) is 0 Å². The molecular weight excluding hydrogens is 306 g/mol. The summed E-state index contributed by atoms with van der Waals surface area (Å²) in [5, 5.41) is 0. The molecule has 0 spiro atoms. The molecule has 1 heterocycles. The van der Waals surface area contributed by atoms with E-state index in [1.54, 1.807) is 9.80 Å². The van der Waals surface area contributed by atoms with Gasteiger partial charge in [0.1, 0.15) is 6.61 Å². The number of carbonyl (C=O) groups excluding carboxylic acids is 2. The van der Waals surface area contributed by atoms with Crippen LogP contribution in [0, 0.1) is 0 Å². The summed E-state index contributed by atoms with van der Waals surface area (Å²) >= 11 is 0. The van der Waals surface area contributed by atoms with Gasteiger partial charge in [-0.25, -0.2) is 4.79 Å². The normalized spacial score (nSPS) is 17.4. The Morgan fingerprint density at radius 2 is 2.04 bits per heavy atom. The molecule has 1 aromatic rings. The van der Waals surface area contributed by atoms with E-state index in [4.69, 9.17) is 10.5 Å². The molecule has 2 rings (SSSR count). The first kappa shape index (κ1) is 18.3. The van der Waals surface area contributed by atoms with Crippen molar-refractivity contribution in [1.82, 2.24) is 9.80 Å². The van der Waals surface area contributed by atoms with Gasteiger partial charge in [-0.05, 0) is 31.7 Å². The minimum absolute atomic E-state index is 0.000979. The summed E-state index contributed by atoms with van der Waals surface area (Å²) < 4.78 is 5.46. The minimum atomic E-state index is -0.306. The first-order valence-electron chi connectivity index (χ1n) is 8.60. The maximum Gasteiger partial charge on any atom is 0.410 e. The van der Waals surface area contributed by atoms with Gasteiger partial charge in [0.15, 0.2) is 0 Å². The zero-order chi connectivity index (χ0) is 17.4. The van der Waals surface area contributed by atoms with E-state index in [0.29, 0.717) is 19.6 Å². The summed E-state index contributed by atoms with van der Waals surface area (Å²) in [5.74, 6) is -0.0827. The monoisotopic (exact) mass is 333 g/mol. The number of piperidine rings is 1. The molecule has 6 heteroatoms. The van der Waals surface area contributed by atoms with E-state index in [2.05, 4.69) is 0 Å². The number of nitrogens with zero attached hydrogens (tertiary/aromatic N) is 2. The lowest BCUT2D eigenvalue weighted by Crippen LogP contribution is -2.51. The number of carbonyl (C=O) groups is 2. The maximum atomic E-state index is 12.5. The molecule has 0 saturated carbocycles. The molecule has 24 heavy (non-hydrogen) atoms. The molecule has 0 radical (unpaired) electrons. The van der Waals surface area contributed by atoms with Crippen molar-refractivity contribution in [3.8, 4) is 0 Å². The Morgan fingerprint density at radius 1 is 1.29 bits per heavy atom. The molecule has 0 bridgehead atoms. The Balaban J connectivity index is 1.94. The number of hydrogen-bond donors (Lipinski definition) is 1. The van der Waals surface area contributed by atoms with Crippen molar-refractivity contribution in [2.24, 2.45) is 5.73 Å². The predicted octanol–water partition coefficient (Wildman–Crippen LogP) is 1.98. The topological polar surface area (TPSA) is 75.9 Å². The number of benzene rings is 1. The van der Waals surface area contributed by atoms with Gasteiger partial charge in [0.2, 0.25) is 5.91 Å². The summed E-state index contributed by atoms with van der Waals surface area (Å²) in [4.78, 5) is 27.8. The smallest absolute Gasteiger partial charge is 0.410 e. The average molecular weight is 333 g/mol. The molecule has 1 aliphatic rings. The van der Waals surface area contributed by atoms with Crippen LogP contribution in [0.25, 0.3) is 0 Å². The van der Waals surface area contributed by atoms with Gasteiger partial charge >= 0.3 is 6.09 Å². The highest BCUT2D eigenvalue weighted by atomic mass is 16.6. The maximum absolute atomic E-state index is 12.5. The van der Waals surface area contributed by atoms with Crippen LogP contribution in [0.5, 0.6) is 0 Å². The van der Waals surface area contributed by atoms with Gasteiger partial charge in [-0.3, -0.25) is 4.79 Å². The molecule has 1 atom stereocenters. The SMILES string of the molecule is CCN(C[C@H]1CCCCN1C(=O)OCc1ccccc1)C(=O)CN. The standard InChI is InChI=1S/C18H27N3O3/c1-2-20(17(22)12-19)13-16-10-6-7-11-21(16)18(23)24-14-15-8-4-3-5-9-15/h3-5,8-9,16H,2,6-7,10-14,19H2,1H3/t16-/m1/s1. The van der Waals surface area contributed by atoms with E-state index in [9.17, 15) is 9.59 Å². The number of hydrogen-bond acceptors (Lipinski definition) is 4. The lowest BCUT2D eigenvalue weighted by Gasteiger charge is -2.37. The molecule has 2 N–H and O–H groups in total. The molecule has 2 amide bonds. The van der Waals surface area contributed by atoms with Crippen molar-refractivity contribution in [3.63, 3.8) is 0 Å². The fraction of sp³-hybridized carbons (Fsp3) is 0.556. The van der Waals surface area contributed by atoms with E-state index < -0.39 is 0 Å². The predicted molar refractivity (Wildman–Crippen MR) is 92.3 cm³/mol. The van der Waals surface area contributed by atoms with Crippen LogP contribution in [0.1, 0.15) is 31.7 Å². The Kier molecular flexibility index (Phi) is 7.06. The van der Waals surface area contributed by atoms with Gasteiger partial charge in [0.05, 0.1) is 12.6 Å². The van der Waals surface area contributed by atoms with Crippen molar-refractivity contribution in [1.29, 1.82) is 0 Å². The Hall–Kier alpha value is -2.08. The molecule has 132 valence electrons. The number of amides is 2. The second-order valence-corrected chi connectivity index (χ2v) is 6.02. The number of nitrogens with two attached hydrogens (primary N) is 1. The van der Waals surface area contributed by atoms with Crippen molar-refractivity contribution in [2.45, 2.75) is 38.8 Å². The molecule has 1 aliphatic heterocycles. The summed E-state index contributed by atoms with van der Waals surface area (Å²) in [7, 11) is 0. The Labute approximate surface area is 143 Å². The minimum Gasteiger partial charge on any atom is -0.445 e. The molecule has 0 aliphatic carbocycles. The van der Waals surface area contributed by atoms with Crippen molar-refractivity contribution >= 4 is 12.0 Å². The molecule has 0 unspecified atom stereocenters. The van der Waals surface area contributed by atoms with E-state index >= 15 is 0 Å². The number of ether oxygens (including phenoxy) is 1. The van der Waals surface area contributed by atoms with Crippen molar-refractivity contribution in [2.75, 3.05) is 26.2 Å². The van der Waals surface area contributed by atoms with Crippen LogP contribution in [0.4, 0.5) is 4.79 Å². The van der Waals surface area contributed by atoms with Crippen LogP contribution < -0.4 is 5.73 Å². The summed E-state index contributed by atoms with van der Waals surface area (Å²) in [6, 6.07) is 9.63. The largest absolute Gasteiger partial charge is 0.445 e. The third-order valence-electron chi connectivity index (χ3n) is 4.41. The highest BCUT2D eigenvalue weighted by Gasteiger charge is 2.30. The molecule has 1 aromatic carbocycles. The highest BCUT2D eigenvalue weighted by Crippen LogP contribution is 2.19. The molecule has 6 nitrogen and oxygen atoms in total. The molecule has 1 fully saturated rings. The van der Waals surface area contributed by atoms with Crippen LogP contribution >= 0.6 is 0 Å². The fourth-order valence-electron chi connectivity index (χ4n) is 3.02. The summed E-state index contributed by atoms with van der Waals surface area (Å²) in [6.07, 6.45) is 2.60. The van der Waals surface area contributed by atoms with Gasteiger partial charge in [0, 0.05) is 19.6 Å². The summed E-state index contributed by atoms with van der Waals surface area (Å²) in [5.41, 5.74) is 6.43. The van der Waals surface area contributed by atoms with Crippen LogP contribution in [-0.4, -0.2) is 54.0 Å². The fourth-order valence-corrected chi connectivity index (χ4v) is 3.02. The number of likely N-dealkylation sites (N-methyl/N-ethyl adjacent to an activating group) is 1. The van der Waals surface area contributed by atoms with Gasteiger partial charge in [-0.2, -0.15) is 0 Å². The van der Waals surface area contributed by atoms with Gasteiger partial charge in [-0.15, -0.1) is 0 Å². The highest BCUT2D eigenvalue weighted by molar-refractivity contribution is 5.78. The van der Waals surface area contributed by atoms with Gasteiger partial charge in [-0.1, -0.05) is 30.3 Å². The van der Waals surface area contributed by atoms with Crippen LogP contribution in [0.15, 0.2) is 30.3 Å². The first-order valence-corrected chi connectivity index (χ1v) is 8.60. The van der Waals surface area contributed by atoms with Crippen molar-refractivity contribution < 1.29 is 14.3 Å². The second kappa shape index (κ2) is 9.27. The lowest BCUT2D eigenvalue weighted by molar-refractivity contribution is -0.130. The van der Waals surface area contributed by atoms with E-state index in [1.165, 1.54) is 0 Å². The van der Waals surface area contributed by atoms with Crippen molar-refractivity contribution in [3.05, 3.63) is 35.9 Å². The lowest BCUT2D eigenvalue weighted by atomic mass is 10.0. The number of likely N-dealkylation sites (tertiary alicyclic amines) is 1. The Bertz CT molecular complexity index is 536. The van der Waals surface area contributed by atoms with E-state index in [0.717, 1.165) is 24.8 Å². The zero-order valence-corrected chi connectivity index (χ0v) is 14.3. The first-order chi connectivity index (χ1) is 11.7. The quantitative estimate of drug-likeness (QED) is 0.864. The Morgan fingerprint density at radius 3 is 2.71 bits per heavy atom. The van der Waals surface area contributed by atoms with Gasteiger partial charge < -0.3 is 20.3 Å². The molecular formula is C18H27N3O3. The third-order valence-corrected chi connectivity index (χ3v) is 4.41. The summed E-state index contributed by atoms with van der Waals surface area (Å²) in [6.45, 7) is 3.98. The zero-order valence-electron chi connectivity index (χ0n) is 14.3. The third kappa shape index (κ3) is 4.96. The van der Waals surface area contributed by atoms with Crippen LogP contribution in [0.2, 0.25) is 0 Å². The number of rotatable bonds is 6.